The summed E-state index contributed by atoms with van der Waals surface area (Å²) in [4.78, 5) is 18.7. The number of esters is 1. The first-order valence-corrected chi connectivity index (χ1v) is 9.02. The number of hydrogen-bond donors (Lipinski definition) is 0. The molecule has 2 heterocycles. The molecule has 23 heavy (non-hydrogen) atoms. The van der Waals surface area contributed by atoms with Crippen LogP contribution in [0.2, 0.25) is 0 Å². The Labute approximate surface area is 138 Å². The van der Waals surface area contributed by atoms with Gasteiger partial charge in [0.25, 0.3) is 0 Å². The molecule has 0 spiro atoms. The second-order valence-corrected chi connectivity index (χ2v) is 7.42. The topological polar surface area (TPSA) is 42.4 Å². The molecule has 0 amide bonds. The van der Waals surface area contributed by atoms with Crippen molar-refractivity contribution in [2.75, 3.05) is 18.0 Å². The van der Waals surface area contributed by atoms with E-state index in [9.17, 15) is 9.18 Å². The Balaban J connectivity index is 1.34. The Kier molecular flexibility index (Phi) is 3.93. The maximum atomic E-state index is 13.2. The first-order valence-electron chi connectivity index (χ1n) is 8.20. The average molecular weight is 334 g/mol. The largest absolute Gasteiger partial charge is 0.458 e. The Bertz CT molecular complexity index is 720. The first kappa shape index (κ1) is 14.9. The van der Waals surface area contributed by atoms with Gasteiger partial charge in [0.15, 0.2) is 5.13 Å². The van der Waals surface area contributed by atoms with Crippen molar-refractivity contribution in [2.24, 2.45) is 5.92 Å². The van der Waals surface area contributed by atoms with E-state index in [1.54, 1.807) is 6.07 Å². The van der Waals surface area contributed by atoms with Crippen molar-refractivity contribution in [1.29, 1.82) is 0 Å². The van der Waals surface area contributed by atoms with Gasteiger partial charge in [0.05, 0.1) is 29.2 Å². The van der Waals surface area contributed by atoms with Gasteiger partial charge in [0.1, 0.15) is 11.9 Å². The molecule has 122 valence electrons. The molecule has 0 N–H and O–H groups in total. The number of carbonyl (C=O) groups excluding carboxylic acids is 1. The lowest BCUT2D eigenvalue weighted by Crippen LogP contribution is -2.53. The summed E-state index contributed by atoms with van der Waals surface area (Å²) in [6.45, 7) is 1.36. The van der Waals surface area contributed by atoms with Crippen LogP contribution < -0.4 is 4.90 Å². The summed E-state index contributed by atoms with van der Waals surface area (Å²) in [6, 6.07) is 4.64. The molecule has 4 nitrogen and oxygen atoms in total. The Morgan fingerprint density at radius 1 is 1.26 bits per heavy atom. The van der Waals surface area contributed by atoms with Crippen molar-refractivity contribution in [3.8, 4) is 0 Å². The van der Waals surface area contributed by atoms with E-state index in [4.69, 9.17) is 4.74 Å². The van der Waals surface area contributed by atoms with Crippen LogP contribution in [0.25, 0.3) is 10.2 Å². The van der Waals surface area contributed by atoms with E-state index in [2.05, 4.69) is 9.88 Å². The number of benzene rings is 1. The average Bonchev–Trinajstić information content (AvgIpc) is 2.93. The third-order valence-electron chi connectivity index (χ3n) is 4.68. The van der Waals surface area contributed by atoms with E-state index < -0.39 is 0 Å². The van der Waals surface area contributed by atoms with Crippen LogP contribution in [0.1, 0.15) is 32.1 Å². The second kappa shape index (κ2) is 6.07. The van der Waals surface area contributed by atoms with Gasteiger partial charge in [-0.3, -0.25) is 4.79 Å². The van der Waals surface area contributed by atoms with Gasteiger partial charge < -0.3 is 9.64 Å². The van der Waals surface area contributed by atoms with Gasteiger partial charge in [-0.15, -0.1) is 0 Å². The number of aromatic nitrogens is 1. The van der Waals surface area contributed by atoms with Gasteiger partial charge in [0, 0.05) is 0 Å². The van der Waals surface area contributed by atoms with E-state index >= 15 is 0 Å². The van der Waals surface area contributed by atoms with E-state index in [0.29, 0.717) is 13.1 Å². The SMILES string of the molecule is O=C(OC1CN(c2nc3ccc(F)cc3s2)C1)C1CCCCC1. The molecule has 0 radical (unpaired) electrons. The maximum absolute atomic E-state index is 13.2. The van der Waals surface area contributed by atoms with Gasteiger partial charge >= 0.3 is 5.97 Å². The molecule has 1 saturated heterocycles. The monoisotopic (exact) mass is 334 g/mol. The third kappa shape index (κ3) is 3.04. The van der Waals surface area contributed by atoms with Crippen molar-refractivity contribution >= 4 is 32.7 Å². The minimum absolute atomic E-state index is 0.0271. The van der Waals surface area contributed by atoms with Crippen LogP contribution in [0.5, 0.6) is 0 Å². The quantitative estimate of drug-likeness (QED) is 0.802. The summed E-state index contributed by atoms with van der Waals surface area (Å²) in [7, 11) is 0. The lowest BCUT2D eigenvalue weighted by atomic mass is 9.89. The Morgan fingerprint density at radius 2 is 2.04 bits per heavy atom. The lowest BCUT2D eigenvalue weighted by Gasteiger charge is -2.39. The summed E-state index contributed by atoms with van der Waals surface area (Å²) in [5.74, 6) is -0.167. The van der Waals surface area contributed by atoms with Crippen molar-refractivity contribution < 1.29 is 13.9 Å². The molecule has 6 heteroatoms. The molecule has 1 saturated carbocycles. The van der Waals surface area contributed by atoms with Crippen molar-refractivity contribution in [3.05, 3.63) is 24.0 Å². The minimum Gasteiger partial charge on any atom is -0.458 e. The predicted octanol–water partition coefficient (Wildman–Crippen LogP) is 3.75. The predicted molar refractivity (Wildman–Crippen MR) is 88.2 cm³/mol. The van der Waals surface area contributed by atoms with Crippen molar-refractivity contribution in [3.63, 3.8) is 0 Å². The highest BCUT2D eigenvalue weighted by Gasteiger charge is 2.34. The van der Waals surface area contributed by atoms with Crippen LogP contribution >= 0.6 is 11.3 Å². The van der Waals surface area contributed by atoms with Gasteiger partial charge in [-0.25, -0.2) is 9.37 Å². The van der Waals surface area contributed by atoms with Gasteiger partial charge in [-0.05, 0) is 31.0 Å². The van der Waals surface area contributed by atoms with Gasteiger partial charge in [-0.2, -0.15) is 0 Å². The molecular weight excluding hydrogens is 315 g/mol. The molecular formula is C17H19FN2O2S. The summed E-state index contributed by atoms with van der Waals surface area (Å²) >= 11 is 1.48. The number of nitrogens with zero attached hydrogens (tertiary/aromatic N) is 2. The highest BCUT2D eigenvalue weighted by atomic mass is 32.1. The first-order chi connectivity index (χ1) is 11.2. The normalized spacial score (nSPS) is 19.8. The molecule has 0 unspecified atom stereocenters. The smallest absolute Gasteiger partial charge is 0.309 e. The minimum atomic E-state index is -0.240. The molecule has 1 aliphatic carbocycles. The third-order valence-corrected chi connectivity index (χ3v) is 5.76. The van der Waals surface area contributed by atoms with E-state index in [-0.39, 0.29) is 23.8 Å². The number of carbonyl (C=O) groups is 1. The van der Waals surface area contributed by atoms with Crippen molar-refractivity contribution in [2.45, 2.75) is 38.2 Å². The summed E-state index contributed by atoms with van der Waals surface area (Å²) in [6.07, 6.45) is 5.42. The number of ether oxygens (including phenoxy) is 1. The van der Waals surface area contributed by atoms with Gasteiger partial charge in [0.2, 0.25) is 0 Å². The van der Waals surface area contributed by atoms with Crippen molar-refractivity contribution in [1.82, 2.24) is 4.98 Å². The molecule has 0 atom stereocenters. The van der Waals surface area contributed by atoms with Crippen LogP contribution in [0.15, 0.2) is 18.2 Å². The fourth-order valence-corrected chi connectivity index (χ4v) is 4.30. The molecule has 0 bridgehead atoms. The molecule has 2 aliphatic rings. The van der Waals surface area contributed by atoms with Crippen LogP contribution in [0.3, 0.4) is 0 Å². The second-order valence-electron chi connectivity index (χ2n) is 6.41. The Hall–Kier alpha value is -1.69. The molecule has 2 fully saturated rings. The summed E-state index contributed by atoms with van der Waals surface area (Å²) < 4.78 is 19.7. The fourth-order valence-electron chi connectivity index (χ4n) is 3.29. The zero-order valence-corrected chi connectivity index (χ0v) is 13.7. The number of hydrogen-bond acceptors (Lipinski definition) is 5. The van der Waals surface area contributed by atoms with E-state index in [1.165, 1.54) is 29.9 Å². The molecule has 1 aromatic carbocycles. The standard InChI is InChI=1S/C17H19FN2O2S/c18-12-6-7-14-15(8-12)23-17(19-14)20-9-13(10-20)22-16(21)11-4-2-1-3-5-11/h6-8,11,13H,1-5,9-10H2. The fraction of sp³-hybridized carbons (Fsp3) is 0.529. The van der Waals surface area contributed by atoms with Gasteiger partial charge in [-0.1, -0.05) is 30.6 Å². The van der Waals surface area contributed by atoms with E-state index in [1.807, 2.05) is 0 Å². The highest BCUT2D eigenvalue weighted by Crippen LogP contribution is 2.33. The number of rotatable bonds is 3. The zero-order chi connectivity index (χ0) is 15.8. The summed E-state index contributed by atoms with van der Waals surface area (Å²) in [5.41, 5.74) is 0.814. The zero-order valence-electron chi connectivity index (χ0n) is 12.8. The van der Waals surface area contributed by atoms with E-state index in [0.717, 1.165) is 41.0 Å². The number of halogens is 1. The Morgan fingerprint density at radius 3 is 2.83 bits per heavy atom. The lowest BCUT2D eigenvalue weighted by molar-refractivity contribution is -0.156. The molecule has 2 aromatic rings. The molecule has 1 aliphatic heterocycles. The number of thiazole rings is 1. The molecule has 4 rings (SSSR count). The van der Waals surface area contributed by atoms with Crippen LogP contribution in [-0.4, -0.2) is 30.1 Å². The highest BCUT2D eigenvalue weighted by molar-refractivity contribution is 7.22. The summed E-state index contributed by atoms with van der Waals surface area (Å²) in [5, 5.41) is 0.871. The van der Waals surface area contributed by atoms with Crippen LogP contribution in [0, 0.1) is 11.7 Å². The molecule has 1 aromatic heterocycles. The number of fused-ring (bicyclic) bond motifs is 1. The number of anilines is 1. The van der Waals surface area contributed by atoms with Crippen LogP contribution in [-0.2, 0) is 9.53 Å². The maximum Gasteiger partial charge on any atom is 0.309 e. The van der Waals surface area contributed by atoms with Crippen LogP contribution in [0.4, 0.5) is 9.52 Å².